The van der Waals surface area contributed by atoms with Crippen LogP contribution in [0.25, 0.3) is 30.6 Å². The molecule has 0 saturated heterocycles. The van der Waals surface area contributed by atoms with E-state index in [1.54, 1.807) is 64.2 Å². The Bertz CT molecular complexity index is 4000. The van der Waals surface area contributed by atoms with Crippen LogP contribution in [0.3, 0.4) is 0 Å². The molecule has 3 fully saturated rings. The van der Waals surface area contributed by atoms with Gasteiger partial charge < -0.3 is 77.1 Å². The second-order valence-corrected chi connectivity index (χ2v) is 32.8. The summed E-state index contributed by atoms with van der Waals surface area (Å²) >= 11 is 4.92. The second-order valence-electron chi connectivity index (χ2n) is 29.6. The van der Waals surface area contributed by atoms with Crippen molar-refractivity contribution >= 4 is 125 Å². The number of rotatable bonds is 20. The summed E-state index contributed by atoms with van der Waals surface area (Å²) in [5, 5.41) is 17.3. The molecule has 6 aromatic heterocycles. The number of aliphatic carboxylic acids is 1. The predicted octanol–water partition coefficient (Wildman–Crippen LogP) is 9.47. The normalized spacial score (nSPS) is 21.5. The highest BCUT2D eigenvalue weighted by Gasteiger charge is 2.38. The number of nitrogens with zero attached hydrogens (tertiary/aromatic N) is 9. The first-order chi connectivity index (χ1) is 48.8. The van der Waals surface area contributed by atoms with Crippen LogP contribution in [0.2, 0.25) is 0 Å². The SMILES string of the molecule is C.CN(C(=O)OC(C)(C)C)C1CCC(Oc2ncnc3sc4c(c23)[C@@H](CC(=O)NCC(N)=O)CC4)CC1.CN(C(=O)OC(C)(C)C)C1CCC(Oc2ncnc3sc4c(c23)[C@@H](CC(=O)O)CC4)CC1.CN(C)C1CCC(Oc2ncnc3sc4c(c23)[C@@H](CC(=O)NCC(N)=O)CC4)CC1.Cl.NCC(N)=O. The van der Waals surface area contributed by atoms with Crippen LogP contribution < -0.4 is 47.8 Å². The molecule has 0 spiro atoms. The van der Waals surface area contributed by atoms with Crippen LogP contribution in [0.4, 0.5) is 9.59 Å². The average molecular weight is 1540 g/mol. The maximum atomic E-state index is 12.4. The summed E-state index contributed by atoms with van der Waals surface area (Å²) in [5.41, 5.74) is 21.8. The zero-order chi connectivity index (χ0) is 74.6. The van der Waals surface area contributed by atoms with Gasteiger partial charge in [-0.2, -0.15) is 0 Å². The van der Waals surface area contributed by atoms with E-state index >= 15 is 0 Å². The number of aromatic nitrogens is 6. The van der Waals surface area contributed by atoms with E-state index in [9.17, 15) is 43.5 Å². The Morgan fingerprint density at radius 1 is 0.476 bits per heavy atom. The van der Waals surface area contributed by atoms with Crippen LogP contribution in [0.1, 0.15) is 214 Å². The van der Waals surface area contributed by atoms with Crippen LogP contribution in [0.15, 0.2) is 19.0 Å². The monoisotopic (exact) mass is 1540 g/mol. The lowest BCUT2D eigenvalue weighted by Crippen LogP contribution is -2.43. The van der Waals surface area contributed by atoms with Gasteiger partial charge in [-0.1, -0.05) is 7.43 Å². The van der Waals surface area contributed by atoms with Gasteiger partial charge in [-0.25, -0.2) is 39.5 Å². The van der Waals surface area contributed by atoms with Gasteiger partial charge in [-0.15, -0.1) is 46.4 Å². The number of carboxylic acids is 1. The largest absolute Gasteiger partial charge is 0.481 e. The van der Waals surface area contributed by atoms with Crippen LogP contribution in [-0.2, 0) is 57.5 Å². The zero-order valence-corrected chi connectivity index (χ0v) is 64.4. The Hall–Kier alpha value is -7.91. The van der Waals surface area contributed by atoms with Gasteiger partial charge in [0.1, 0.15) is 63.0 Å². The van der Waals surface area contributed by atoms with E-state index < -0.39 is 34.9 Å². The number of hydrogen-bond donors (Lipinski definition) is 7. The minimum absolute atomic E-state index is 0. The maximum Gasteiger partial charge on any atom is 0.410 e. The first-order valence-electron chi connectivity index (χ1n) is 35.5. The number of hydrogen-bond acceptors (Lipinski definition) is 24. The fourth-order valence-corrected chi connectivity index (χ4v) is 18.1. The summed E-state index contributed by atoms with van der Waals surface area (Å²) in [6.45, 7) is 10.9. The molecule has 0 unspecified atom stereocenters. The number of fused-ring (bicyclic) bond motifs is 9. The topological polar surface area (TPSA) is 418 Å². The molecule has 6 aliphatic rings. The lowest BCUT2D eigenvalue weighted by Gasteiger charge is -2.35. The molecule has 578 valence electrons. The van der Waals surface area contributed by atoms with E-state index in [1.165, 1.54) is 27.3 Å². The van der Waals surface area contributed by atoms with Crippen molar-refractivity contribution in [2.24, 2.45) is 22.9 Å². The van der Waals surface area contributed by atoms with Gasteiger partial charge in [0.25, 0.3) is 0 Å². The van der Waals surface area contributed by atoms with E-state index in [0.29, 0.717) is 30.1 Å². The summed E-state index contributed by atoms with van der Waals surface area (Å²) in [7, 11) is 7.86. The third-order valence-corrected chi connectivity index (χ3v) is 23.0. The van der Waals surface area contributed by atoms with Crippen molar-refractivity contribution < 1.29 is 67.1 Å². The molecule has 3 saturated carbocycles. The molecule has 3 atom stereocenters. The van der Waals surface area contributed by atoms with Crippen molar-refractivity contribution in [1.29, 1.82) is 0 Å². The van der Waals surface area contributed by atoms with E-state index in [4.69, 9.17) is 40.9 Å². The molecule has 11 N–H and O–H groups in total. The van der Waals surface area contributed by atoms with E-state index in [1.807, 2.05) is 41.5 Å². The Morgan fingerprint density at radius 2 is 0.771 bits per heavy atom. The van der Waals surface area contributed by atoms with Crippen LogP contribution >= 0.6 is 46.4 Å². The zero-order valence-electron chi connectivity index (χ0n) is 61.1. The quantitative estimate of drug-likeness (QED) is 0.0374. The fraction of sp³-hybridized carbons (Fsp3) is 0.639. The number of carboxylic acid groups (broad SMARTS) is 1. The van der Waals surface area contributed by atoms with Crippen molar-refractivity contribution in [1.82, 2.24) is 55.2 Å². The van der Waals surface area contributed by atoms with Gasteiger partial charge in [0.15, 0.2) is 0 Å². The number of ether oxygens (including phenoxy) is 5. The Balaban J connectivity index is 0.000000212. The molecular weight excluding hydrogens is 1430 g/mol. The number of aryl methyl sites for hydroxylation is 3. The molecule has 7 amide bonds. The van der Waals surface area contributed by atoms with Crippen molar-refractivity contribution in [3.63, 3.8) is 0 Å². The van der Waals surface area contributed by atoms with Crippen LogP contribution in [0, 0.1) is 0 Å². The first kappa shape index (κ1) is 84.4. The second kappa shape index (κ2) is 37.6. The molecule has 0 aliphatic heterocycles. The number of nitrogens with one attached hydrogen (secondary N) is 2. The number of carbonyl (C=O) groups is 8. The molecule has 0 aromatic carbocycles. The van der Waals surface area contributed by atoms with Gasteiger partial charge in [-0.3, -0.25) is 28.8 Å². The summed E-state index contributed by atoms with van der Waals surface area (Å²) < 4.78 is 30.2. The molecule has 33 heteroatoms. The highest BCUT2D eigenvalue weighted by molar-refractivity contribution is 7.19. The molecule has 105 heavy (non-hydrogen) atoms. The molecule has 0 bridgehead atoms. The molecule has 29 nitrogen and oxygen atoms in total. The number of primary amides is 3. The number of thiophene rings is 3. The first-order valence-corrected chi connectivity index (χ1v) is 37.9. The van der Waals surface area contributed by atoms with Crippen molar-refractivity contribution in [3.05, 3.63) is 50.3 Å². The number of halogens is 1. The summed E-state index contributed by atoms with van der Waals surface area (Å²) in [5.74, 6) is -0.841. The summed E-state index contributed by atoms with van der Waals surface area (Å²) in [6, 6.07) is 0.850. The van der Waals surface area contributed by atoms with E-state index in [2.05, 4.69) is 65.3 Å². The van der Waals surface area contributed by atoms with E-state index in [-0.39, 0.29) is 124 Å². The molecule has 6 aliphatic carbocycles. The highest BCUT2D eigenvalue weighted by atomic mass is 35.5. The molecule has 0 radical (unpaired) electrons. The minimum atomic E-state index is -0.783. The minimum Gasteiger partial charge on any atom is -0.481 e. The predicted molar refractivity (Wildman–Crippen MR) is 405 cm³/mol. The van der Waals surface area contributed by atoms with E-state index in [0.717, 1.165) is 163 Å². The molecule has 6 aromatic rings. The summed E-state index contributed by atoms with van der Waals surface area (Å²) in [4.78, 5) is 131. The van der Waals surface area contributed by atoms with Crippen molar-refractivity contribution in [2.75, 3.05) is 47.8 Å². The Kier molecular flexibility index (Phi) is 30.2. The maximum absolute atomic E-state index is 12.4. The van der Waals surface area contributed by atoms with Gasteiger partial charge in [0.05, 0.1) is 42.2 Å². The van der Waals surface area contributed by atoms with Crippen molar-refractivity contribution in [2.45, 2.75) is 249 Å². The molecule has 6 heterocycles. The van der Waals surface area contributed by atoms with Gasteiger partial charge in [-0.05, 0) is 206 Å². The Morgan fingerprint density at radius 3 is 1.04 bits per heavy atom. The number of amides is 7. The number of carbonyl (C=O) groups excluding carboxylic acids is 7. The van der Waals surface area contributed by atoms with Crippen LogP contribution in [-0.4, -0.2) is 193 Å². The third-order valence-electron chi connectivity index (χ3n) is 19.4. The standard InChI is InChI=1S/C25H35N5O5S.C23H31N3O5S.C21H29N5O3S.C2H6N2O.CH4.ClH/c1-25(2,3)35-24(33)30(4)15-6-8-16(9-7-15)34-22-21-20-14(11-19(32)27-12-18(26)31)5-10-17(20)36-23(21)29-13-28-22;1-23(2,3)31-22(29)26(4)14-6-8-15(9-7-14)30-20-19-18-13(11-17(27)28)5-10-16(18)32-21(19)25-12-24-20;1-26(2)13-4-6-14(7-5-13)29-20-19-18-12(9-17(28)23-10-16(22)27)3-8-15(18)30-21(19)25-11-24-20;3-1-2(4)5;;/h13-16H,5-12H2,1-4H3,(H2,26,31)(H,27,32);12-15H,5-11H2,1-4H3,(H,27,28);11-14H,3-10H2,1-2H3,(H2,22,27)(H,23,28);1,3H2,(H2,4,5);1H4;1H/t14-,15?,16?;13-,14?,15?;12-,13?,14?;;;/m111.../s1. The lowest BCUT2D eigenvalue weighted by atomic mass is 9.92. The van der Waals surface area contributed by atoms with Crippen LogP contribution in [0.5, 0.6) is 17.6 Å². The van der Waals surface area contributed by atoms with Gasteiger partial charge >= 0.3 is 18.2 Å². The lowest BCUT2D eigenvalue weighted by molar-refractivity contribution is -0.137. The van der Waals surface area contributed by atoms with Crippen molar-refractivity contribution in [3.8, 4) is 17.6 Å². The smallest absolute Gasteiger partial charge is 0.410 e. The Labute approximate surface area is 631 Å². The molecule has 12 rings (SSSR count). The average Bonchev–Trinajstić information content (AvgIpc) is 1.62. The molecular formula is C72H106ClN15O14S3. The third kappa shape index (κ3) is 22.8. The fourth-order valence-electron chi connectivity index (χ4n) is 14.4. The van der Waals surface area contributed by atoms with Gasteiger partial charge in [0.2, 0.25) is 47.2 Å². The van der Waals surface area contributed by atoms with Gasteiger partial charge in [0, 0.05) is 59.7 Å². The summed E-state index contributed by atoms with van der Waals surface area (Å²) in [6.07, 6.45) is 21.0. The highest BCUT2D eigenvalue weighted by Crippen LogP contribution is 2.51. The number of nitrogens with two attached hydrogens (primary N) is 4.